The lowest BCUT2D eigenvalue weighted by Gasteiger charge is -2.18. The summed E-state index contributed by atoms with van der Waals surface area (Å²) in [4.78, 5) is 11.6. The number of ether oxygens (including phenoxy) is 1. The maximum Gasteiger partial charge on any atom is 0.306 e. The van der Waals surface area contributed by atoms with Crippen LogP contribution in [0.5, 0.6) is 0 Å². The molecule has 21 heavy (non-hydrogen) atoms. The van der Waals surface area contributed by atoms with Crippen molar-refractivity contribution in [3.05, 3.63) is 60.7 Å². The molecule has 2 rings (SSSR count). The first-order valence-corrected chi connectivity index (χ1v) is 8.92. The van der Waals surface area contributed by atoms with Crippen LogP contribution < -0.4 is 10.6 Å². The molecule has 0 N–H and O–H groups in total. The van der Waals surface area contributed by atoms with Crippen molar-refractivity contribution in [2.75, 3.05) is 12.8 Å². The Bertz CT molecular complexity index is 579. The molecule has 0 atom stereocenters. The van der Waals surface area contributed by atoms with Gasteiger partial charge in [0.15, 0.2) is 0 Å². The third kappa shape index (κ3) is 3.83. The number of carbonyl (C=O) groups excluding carboxylic acids is 1. The Kier molecular flexibility index (Phi) is 5.35. The molecule has 0 saturated heterocycles. The molecule has 110 valence electrons. The van der Waals surface area contributed by atoms with Crippen molar-refractivity contribution in [3.8, 4) is 0 Å². The van der Waals surface area contributed by atoms with Crippen molar-refractivity contribution in [3.63, 3.8) is 0 Å². The van der Waals surface area contributed by atoms with E-state index in [1.807, 2.05) is 60.7 Å². The fourth-order valence-corrected chi connectivity index (χ4v) is 4.85. The van der Waals surface area contributed by atoms with Gasteiger partial charge in [-0.15, -0.1) is 0 Å². The fourth-order valence-electron chi connectivity index (χ4n) is 2.23. The lowest BCUT2D eigenvalue weighted by atomic mass is 10.4. The van der Waals surface area contributed by atoms with Crippen LogP contribution in [0, 0.1) is 0 Å². The van der Waals surface area contributed by atoms with Crippen molar-refractivity contribution in [1.29, 1.82) is 0 Å². The molecule has 0 aromatic heterocycles. The molecule has 2 aromatic carbocycles. The molecule has 3 nitrogen and oxygen atoms in total. The summed E-state index contributed by atoms with van der Waals surface area (Å²) in [6.45, 7) is 2.12. The Labute approximate surface area is 125 Å². The van der Waals surface area contributed by atoms with Gasteiger partial charge in [-0.2, -0.15) is 0 Å². The topological polar surface area (TPSA) is 43.4 Å². The van der Waals surface area contributed by atoms with Crippen LogP contribution in [0.25, 0.3) is 0 Å². The van der Waals surface area contributed by atoms with E-state index in [1.165, 1.54) is 0 Å². The second-order valence-electron chi connectivity index (χ2n) is 4.69. The van der Waals surface area contributed by atoms with Crippen LogP contribution in [0.3, 0.4) is 0 Å². The van der Waals surface area contributed by atoms with Crippen LogP contribution in [0.4, 0.5) is 0 Å². The van der Waals surface area contributed by atoms with Gasteiger partial charge in [0.25, 0.3) is 0 Å². The SMILES string of the molecule is CCOC(=O)CCP(=O)(c1ccccc1)c1ccccc1. The van der Waals surface area contributed by atoms with Crippen molar-refractivity contribution in [1.82, 2.24) is 0 Å². The van der Waals surface area contributed by atoms with E-state index in [1.54, 1.807) is 6.92 Å². The third-order valence-corrected chi connectivity index (χ3v) is 6.40. The van der Waals surface area contributed by atoms with Crippen molar-refractivity contribution in [2.24, 2.45) is 0 Å². The van der Waals surface area contributed by atoms with Crippen LogP contribution >= 0.6 is 7.14 Å². The second kappa shape index (κ2) is 7.24. The quantitative estimate of drug-likeness (QED) is 0.608. The zero-order valence-corrected chi connectivity index (χ0v) is 13.0. The van der Waals surface area contributed by atoms with Crippen molar-refractivity contribution in [2.45, 2.75) is 13.3 Å². The van der Waals surface area contributed by atoms with E-state index in [9.17, 15) is 9.36 Å². The average molecular weight is 302 g/mol. The number of carbonyl (C=O) groups is 1. The van der Waals surface area contributed by atoms with E-state index < -0.39 is 7.14 Å². The van der Waals surface area contributed by atoms with Gasteiger partial charge in [0.1, 0.15) is 7.14 Å². The summed E-state index contributed by atoms with van der Waals surface area (Å²) < 4.78 is 18.5. The summed E-state index contributed by atoms with van der Waals surface area (Å²) in [6.07, 6.45) is 0.453. The first-order valence-electron chi connectivity index (χ1n) is 7.02. The van der Waals surface area contributed by atoms with E-state index in [0.717, 1.165) is 10.6 Å². The van der Waals surface area contributed by atoms with Gasteiger partial charge in [-0.3, -0.25) is 4.79 Å². The summed E-state index contributed by atoms with van der Waals surface area (Å²) >= 11 is 0. The number of hydrogen-bond donors (Lipinski definition) is 0. The number of esters is 1. The summed E-state index contributed by atoms with van der Waals surface area (Å²) in [6, 6.07) is 18.7. The predicted octanol–water partition coefficient (Wildman–Crippen LogP) is 2.95. The van der Waals surface area contributed by atoms with Gasteiger partial charge in [0.2, 0.25) is 0 Å². The molecule has 0 aliphatic rings. The lowest BCUT2D eigenvalue weighted by molar-refractivity contribution is -0.142. The van der Waals surface area contributed by atoms with Crippen molar-refractivity contribution < 1.29 is 14.1 Å². The van der Waals surface area contributed by atoms with E-state index in [4.69, 9.17) is 4.74 Å². The highest BCUT2D eigenvalue weighted by Gasteiger charge is 2.27. The molecule has 0 unspecified atom stereocenters. The molecule has 0 radical (unpaired) electrons. The van der Waals surface area contributed by atoms with Crippen LogP contribution in [-0.4, -0.2) is 18.7 Å². The first kappa shape index (κ1) is 15.5. The molecular weight excluding hydrogens is 283 g/mol. The Morgan fingerprint density at radius 2 is 1.43 bits per heavy atom. The monoisotopic (exact) mass is 302 g/mol. The Morgan fingerprint density at radius 1 is 0.952 bits per heavy atom. The van der Waals surface area contributed by atoms with Gasteiger partial charge >= 0.3 is 5.97 Å². The molecule has 0 spiro atoms. The standard InChI is InChI=1S/C17H19O3P/c1-2-20-17(18)13-14-21(19,15-9-5-3-6-10-15)16-11-7-4-8-12-16/h3-12H,2,13-14H2,1H3. The number of benzene rings is 2. The summed E-state index contributed by atoms with van der Waals surface area (Å²) in [5.41, 5.74) is 0. The molecule has 0 aliphatic carbocycles. The molecule has 0 heterocycles. The van der Waals surface area contributed by atoms with Crippen LogP contribution in [0.1, 0.15) is 13.3 Å². The molecule has 0 amide bonds. The predicted molar refractivity (Wildman–Crippen MR) is 85.9 cm³/mol. The average Bonchev–Trinajstić information content (AvgIpc) is 2.54. The minimum absolute atomic E-state index is 0.162. The first-order chi connectivity index (χ1) is 10.2. The van der Waals surface area contributed by atoms with E-state index >= 15 is 0 Å². The van der Waals surface area contributed by atoms with E-state index in [2.05, 4.69) is 0 Å². The Balaban J connectivity index is 2.32. The second-order valence-corrected chi connectivity index (χ2v) is 7.65. The molecule has 0 bridgehead atoms. The molecular formula is C17H19O3P. The molecule has 2 aromatic rings. The maximum atomic E-state index is 13.5. The Hall–Kier alpha value is -1.86. The van der Waals surface area contributed by atoms with Crippen LogP contribution in [0.15, 0.2) is 60.7 Å². The van der Waals surface area contributed by atoms with Gasteiger partial charge in [-0.1, -0.05) is 60.7 Å². The summed E-state index contributed by atoms with van der Waals surface area (Å²) in [5.74, 6) is -0.301. The van der Waals surface area contributed by atoms with Gasteiger partial charge in [0.05, 0.1) is 13.0 Å². The van der Waals surface area contributed by atoms with Gasteiger partial charge in [-0.25, -0.2) is 0 Å². The lowest BCUT2D eigenvalue weighted by Crippen LogP contribution is -2.20. The summed E-state index contributed by atoms with van der Waals surface area (Å²) in [5, 5.41) is 1.56. The molecule has 0 fully saturated rings. The smallest absolute Gasteiger partial charge is 0.306 e. The van der Waals surface area contributed by atoms with Gasteiger partial charge < -0.3 is 9.30 Å². The highest BCUT2D eigenvalue weighted by atomic mass is 31.2. The fraction of sp³-hybridized carbons (Fsp3) is 0.235. The van der Waals surface area contributed by atoms with Crippen LogP contribution in [0.2, 0.25) is 0 Å². The Morgan fingerprint density at radius 3 is 1.86 bits per heavy atom. The normalized spacial score (nSPS) is 11.1. The minimum atomic E-state index is -2.80. The minimum Gasteiger partial charge on any atom is -0.466 e. The van der Waals surface area contributed by atoms with E-state index in [-0.39, 0.29) is 12.4 Å². The maximum absolute atomic E-state index is 13.5. The van der Waals surface area contributed by atoms with Crippen molar-refractivity contribution >= 4 is 23.7 Å². The van der Waals surface area contributed by atoms with Crippen LogP contribution in [-0.2, 0) is 14.1 Å². The molecule has 4 heteroatoms. The number of hydrogen-bond acceptors (Lipinski definition) is 3. The van der Waals surface area contributed by atoms with Gasteiger partial charge in [-0.05, 0) is 6.92 Å². The highest BCUT2D eigenvalue weighted by molar-refractivity contribution is 7.78. The zero-order valence-electron chi connectivity index (χ0n) is 12.1. The molecule has 0 saturated carbocycles. The summed E-state index contributed by atoms with van der Waals surface area (Å²) in [7, 11) is -2.80. The molecule has 0 aliphatic heterocycles. The van der Waals surface area contributed by atoms with E-state index in [0.29, 0.717) is 12.8 Å². The zero-order chi connectivity index (χ0) is 15.1. The number of rotatable bonds is 6. The van der Waals surface area contributed by atoms with Gasteiger partial charge in [0, 0.05) is 16.8 Å². The third-order valence-electron chi connectivity index (χ3n) is 3.28. The highest BCUT2D eigenvalue weighted by Crippen LogP contribution is 2.43. The largest absolute Gasteiger partial charge is 0.466 e.